The van der Waals surface area contributed by atoms with Gasteiger partial charge in [0.25, 0.3) is 5.91 Å². The third-order valence-corrected chi connectivity index (χ3v) is 4.01. The van der Waals surface area contributed by atoms with E-state index in [-0.39, 0.29) is 5.76 Å². The number of para-hydroxylation sites is 1. The summed E-state index contributed by atoms with van der Waals surface area (Å²) < 4.78 is 0. The average Bonchev–Trinajstić information content (AvgIpc) is 2.78. The highest BCUT2D eigenvalue weighted by Gasteiger charge is 2.25. The minimum atomic E-state index is -1.01. The predicted molar refractivity (Wildman–Crippen MR) is 110 cm³/mol. The van der Waals surface area contributed by atoms with Crippen LogP contribution in [0.3, 0.4) is 0 Å². The molecule has 0 unspecified atom stereocenters. The van der Waals surface area contributed by atoms with Crippen molar-refractivity contribution in [2.75, 3.05) is 5.01 Å². The lowest BCUT2D eigenvalue weighted by molar-refractivity contribution is -0.133. The Morgan fingerprint density at radius 2 is 1.21 bits per heavy atom. The van der Waals surface area contributed by atoms with Crippen LogP contribution in [0.15, 0.2) is 97.1 Å². The number of anilines is 1. The van der Waals surface area contributed by atoms with E-state index < -0.39 is 17.6 Å². The van der Waals surface area contributed by atoms with E-state index in [1.165, 1.54) is 0 Å². The zero-order chi connectivity index (χ0) is 20.6. The molecule has 0 heterocycles. The molecule has 0 aliphatic carbocycles. The van der Waals surface area contributed by atoms with Crippen molar-refractivity contribution in [1.29, 1.82) is 0 Å². The molecule has 6 heteroatoms. The summed E-state index contributed by atoms with van der Waals surface area (Å²) in [5.74, 6) is -2.88. The zero-order valence-electron chi connectivity index (χ0n) is 15.4. The zero-order valence-corrected chi connectivity index (χ0v) is 15.4. The Balaban J connectivity index is 1.86. The second kappa shape index (κ2) is 9.14. The number of ketones is 1. The summed E-state index contributed by atoms with van der Waals surface area (Å²) >= 11 is 0. The van der Waals surface area contributed by atoms with Crippen LogP contribution in [-0.4, -0.2) is 22.7 Å². The Morgan fingerprint density at radius 1 is 0.724 bits per heavy atom. The summed E-state index contributed by atoms with van der Waals surface area (Å²) in [5, 5.41) is 11.0. The van der Waals surface area contributed by atoms with E-state index in [1.807, 2.05) is 0 Å². The van der Waals surface area contributed by atoms with Crippen molar-refractivity contribution in [2.45, 2.75) is 0 Å². The fourth-order valence-electron chi connectivity index (χ4n) is 2.55. The molecular weight excluding hydrogens is 368 g/mol. The molecule has 0 aliphatic heterocycles. The van der Waals surface area contributed by atoms with Gasteiger partial charge in [0, 0.05) is 17.2 Å². The van der Waals surface area contributed by atoms with Gasteiger partial charge in [0.1, 0.15) is 5.76 Å². The van der Waals surface area contributed by atoms with E-state index in [2.05, 4.69) is 5.43 Å². The van der Waals surface area contributed by atoms with Crippen LogP contribution in [0.1, 0.15) is 15.9 Å². The third-order valence-electron chi connectivity index (χ3n) is 4.01. The maximum Gasteiger partial charge on any atom is 0.317 e. The molecule has 0 aliphatic rings. The van der Waals surface area contributed by atoms with Crippen molar-refractivity contribution in [3.05, 3.63) is 108 Å². The van der Waals surface area contributed by atoms with Gasteiger partial charge in [0.2, 0.25) is 5.78 Å². The number of aliphatic hydroxyl groups is 1. The normalized spacial score (nSPS) is 10.8. The molecule has 0 fully saturated rings. The summed E-state index contributed by atoms with van der Waals surface area (Å²) in [6.07, 6.45) is 0.836. The summed E-state index contributed by atoms with van der Waals surface area (Å²) in [7, 11) is 0. The number of benzene rings is 3. The highest BCUT2D eigenvalue weighted by molar-refractivity contribution is 6.46. The molecule has 29 heavy (non-hydrogen) atoms. The summed E-state index contributed by atoms with van der Waals surface area (Å²) in [6, 6.07) is 24.9. The number of aliphatic hydroxyl groups excluding tert-OH is 1. The van der Waals surface area contributed by atoms with Gasteiger partial charge in [-0.2, -0.15) is 0 Å². The number of amides is 2. The molecule has 0 bridgehead atoms. The summed E-state index contributed by atoms with van der Waals surface area (Å²) in [5.41, 5.74) is 3.49. The Bertz CT molecular complexity index is 1030. The minimum absolute atomic E-state index is 0.308. The highest BCUT2D eigenvalue weighted by atomic mass is 16.3. The summed E-state index contributed by atoms with van der Waals surface area (Å²) in [6.45, 7) is 0. The number of hydrogen-bond acceptors (Lipinski definition) is 4. The van der Waals surface area contributed by atoms with E-state index in [0.717, 1.165) is 11.1 Å². The van der Waals surface area contributed by atoms with Crippen LogP contribution in [-0.2, 0) is 9.59 Å². The number of hydrogen-bond donors (Lipinski definition) is 2. The van der Waals surface area contributed by atoms with Crippen LogP contribution in [0.4, 0.5) is 5.69 Å². The fraction of sp³-hybridized carbons (Fsp3) is 0. The van der Waals surface area contributed by atoms with Crippen molar-refractivity contribution in [3.63, 3.8) is 0 Å². The number of hydrazine groups is 1. The van der Waals surface area contributed by atoms with Gasteiger partial charge in [-0.15, -0.1) is 0 Å². The SMILES string of the molecule is O=C(/C=C(\O)c1ccccc1)C(=O)N(NC(=O)c1ccccc1)c1ccccc1. The van der Waals surface area contributed by atoms with Crippen molar-refractivity contribution in [1.82, 2.24) is 5.43 Å². The highest BCUT2D eigenvalue weighted by Crippen LogP contribution is 2.15. The molecule has 3 rings (SSSR count). The van der Waals surface area contributed by atoms with Crippen molar-refractivity contribution in [2.24, 2.45) is 0 Å². The Kier molecular flexibility index (Phi) is 6.17. The van der Waals surface area contributed by atoms with Crippen molar-refractivity contribution in [3.8, 4) is 0 Å². The van der Waals surface area contributed by atoms with E-state index >= 15 is 0 Å². The smallest absolute Gasteiger partial charge is 0.317 e. The first-order chi connectivity index (χ1) is 14.1. The number of carbonyl (C=O) groups is 3. The first-order valence-corrected chi connectivity index (χ1v) is 8.82. The molecule has 6 nitrogen and oxygen atoms in total. The molecule has 0 radical (unpaired) electrons. The molecule has 0 saturated carbocycles. The molecule has 3 aromatic rings. The van der Waals surface area contributed by atoms with Gasteiger partial charge in [0.05, 0.1) is 5.69 Å². The molecule has 2 N–H and O–H groups in total. The Morgan fingerprint density at radius 3 is 1.76 bits per heavy atom. The number of rotatable bonds is 5. The molecule has 2 amide bonds. The third kappa shape index (κ3) is 4.95. The van der Waals surface area contributed by atoms with Crippen molar-refractivity contribution >= 4 is 29.0 Å². The van der Waals surface area contributed by atoms with E-state index in [4.69, 9.17) is 0 Å². The van der Waals surface area contributed by atoms with Gasteiger partial charge in [-0.1, -0.05) is 66.7 Å². The summed E-state index contributed by atoms with van der Waals surface area (Å²) in [4.78, 5) is 37.8. The Labute approximate surface area is 167 Å². The molecule has 0 aromatic heterocycles. The number of nitrogens with one attached hydrogen (secondary N) is 1. The number of carbonyl (C=O) groups excluding carboxylic acids is 3. The van der Waals surface area contributed by atoms with E-state index in [9.17, 15) is 19.5 Å². The molecule has 0 spiro atoms. The molecule has 0 saturated heterocycles. The second-order valence-corrected chi connectivity index (χ2v) is 6.04. The van der Waals surface area contributed by atoms with Gasteiger partial charge >= 0.3 is 5.91 Å². The predicted octanol–water partition coefficient (Wildman–Crippen LogP) is 3.53. The van der Waals surface area contributed by atoms with Crippen LogP contribution in [0.5, 0.6) is 0 Å². The topological polar surface area (TPSA) is 86.7 Å². The number of nitrogens with zero attached hydrogens (tertiary/aromatic N) is 1. The largest absolute Gasteiger partial charge is 0.507 e. The van der Waals surface area contributed by atoms with E-state index in [1.54, 1.807) is 91.0 Å². The maximum absolute atomic E-state index is 12.8. The maximum atomic E-state index is 12.8. The minimum Gasteiger partial charge on any atom is -0.507 e. The average molecular weight is 386 g/mol. The molecule has 3 aromatic carbocycles. The lowest BCUT2D eigenvalue weighted by Gasteiger charge is -2.22. The van der Waals surface area contributed by atoms with Crippen LogP contribution in [0.2, 0.25) is 0 Å². The van der Waals surface area contributed by atoms with Crippen LogP contribution >= 0.6 is 0 Å². The first kappa shape index (κ1) is 19.6. The first-order valence-electron chi connectivity index (χ1n) is 8.82. The van der Waals surface area contributed by atoms with Crippen LogP contribution in [0.25, 0.3) is 5.76 Å². The standard InChI is InChI=1S/C23H18N2O4/c26-20(17-10-4-1-5-11-17)16-21(27)23(29)25(19-14-8-3-9-15-19)24-22(28)18-12-6-2-7-13-18/h1-16,26H,(H,24,28)/b20-16-. The van der Waals surface area contributed by atoms with Gasteiger partial charge in [-0.3, -0.25) is 19.8 Å². The van der Waals surface area contributed by atoms with E-state index in [0.29, 0.717) is 16.8 Å². The Hall–Kier alpha value is -4.19. The van der Waals surface area contributed by atoms with Crippen LogP contribution < -0.4 is 10.4 Å². The lowest BCUT2D eigenvalue weighted by atomic mass is 10.1. The van der Waals surface area contributed by atoms with Gasteiger partial charge < -0.3 is 5.11 Å². The lowest BCUT2D eigenvalue weighted by Crippen LogP contribution is -2.49. The molecule has 144 valence electrons. The van der Waals surface area contributed by atoms with Gasteiger partial charge in [-0.05, 0) is 24.3 Å². The quantitative estimate of drug-likeness (QED) is 0.304. The van der Waals surface area contributed by atoms with Gasteiger partial charge in [-0.25, -0.2) is 5.01 Å². The monoisotopic (exact) mass is 386 g/mol. The second-order valence-electron chi connectivity index (χ2n) is 6.04. The molecule has 0 atom stereocenters. The van der Waals surface area contributed by atoms with Crippen molar-refractivity contribution < 1.29 is 19.5 Å². The molecular formula is C23H18N2O4. The van der Waals surface area contributed by atoms with Gasteiger partial charge in [0.15, 0.2) is 0 Å². The fourth-order valence-corrected chi connectivity index (χ4v) is 2.55. The van der Waals surface area contributed by atoms with Crippen LogP contribution in [0, 0.1) is 0 Å².